The van der Waals surface area contributed by atoms with Crippen LogP contribution in [0.4, 0.5) is 0 Å². The van der Waals surface area contributed by atoms with Crippen molar-refractivity contribution in [3.05, 3.63) is 36.0 Å². The molecule has 0 radical (unpaired) electrons. The highest BCUT2D eigenvalue weighted by molar-refractivity contribution is 5.82. The van der Waals surface area contributed by atoms with Gasteiger partial charge in [0, 0.05) is 43.3 Å². The van der Waals surface area contributed by atoms with Crippen LogP contribution in [0.5, 0.6) is 0 Å². The molecule has 4 nitrogen and oxygen atoms in total. The van der Waals surface area contributed by atoms with Gasteiger partial charge in [0.15, 0.2) is 0 Å². The zero-order chi connectivity index (χ0) is 15.0. The fourth-order valence-corrected chi connectivity index (χ4v) is 4.01. The van der Waals surface area contributed by atoms with Gasteiger partial charge in [0.05, 0.1) is 11.7 Å². The molecule has 1 aromatic heterocycles. The zero-order valence-corrected chi connectivity index (χ0v) is 12.9. The van der Waals surface area contributed by atoms with Crippen LogP contribution in [0, 0.1) is 0 Å². The summed E-state index contributed by atoms with van der Waals surface area (Å²) in [6.07, 6.45) is 5.49. The van der Waals surface area contributed by atoms with E-state index in [-0.39, 0.29) is 11.7 Å². The molecule has 22 heavy (non-hydrogen) atoms. The Bertz CT molecular complexity index is 643. The standard InChI is InChI=1S/C18H24N2O2/c21-17-5-2-12-22-18(17)7-10-20(11-8-18)13-14-3-1-4-16-15(14)6-9-19-16/h1,3-4,6,9,17,19,21H,2,5,7-8,10-13H2/t17-/m0/s1. The van der Waals surface area contributed by atoms with E-state index >= 15 is 0 Å². The van der Waals surface area contributed by atoms with E-state index in [2.05, 4.69) is 34.1 Å². The number of H-pyrrole nitrogens is 1. The number of aliphatic hydroxyl groups excluding tert-OH is 1. The first kappa shape index (κ1) is 14.2. The maximum atomic E-state index is 10.3. The molecule has 0 bridgehead atoms. The molecule has 2 aromatic rings. The Morgan fingerprint density at radius 2 is 2.14 bits per heavy atom. The Morgan fingerprint density at radius 1 is 1.27 bits per heavy atom. The molecule has 1 aromatic carbocycles. The second-order valence-corrected chi connectivity index (χ2v) is 6.70. The first-order valence-corrected chi connectivity index (χ1v) is 8.36. The van der Waals surface area contributed by atoms with Crippen LogP contribution in [0.15, 0.2) is 30.5 Å². The molecule has 4 heteroatoms. The molecule has 2 aliphatic heterocycles. The molecule has 2 aliphatic rings. The fraction of sp³-hybridized carbons (Fsp3) is 0.556. The smallest absolute Gasteiger partial charge is 0.0964 e. The number of piperidine rings is 1. The lowest BCUT2D eigenvalue weighted by atomic mass is 9.82. The van der Waals surface area contributed by atoms with Crippen molar-refractivity contribution in [3.63, 3.8) is 0 Å². The van der Waals surface area contributed by atoms with E-state index in [9.17, 15) is 5.11 Å². The summed E-state index contributed by atoms with van der Waals surface area (Å²) >= 11 is 0. The number of hydrogen-bond donors (Lipinski definition) is 2. The van der Waals surface area contributed by atoms with Crippen molar-refractivity contribution in [2.45, 2.75) is 43.9 Å². The molecule has 2 saturated heterocycles. The minimum absolute atomic E-state index is 0.269. The third-order valence-electron chi connectivity index (χ3n) is 5.40. The van der Waals surface area contributed by atoms with Crippen molar-refractivity contribution in [1.82, 2.24) is 9.88 Å². The molecule has 0 unspecified atom stereocenters. The summed E-state index contributed by atoms with van der Waals surface area (Å²) in [5.74, 6) is 0. The summed E-state index contributed by atoms with van der Waals surface area (Å²) in [5.41, 5.74) is 2.31. The number of aromatic amines is 1. The number of benzene rings is 1. The topological polar surface area (TPSA) is 48.5 Å². The summed E-state index contributed by atoms with van der Waals surface area (Å²) < 4.78 is 5.99. The molecule has 4 rings (SSSR count). The van der Waals surface area contributed by atoms with E-state index in [4.69, 9.17) is 4.74 Å². The quantitative estimate of drug-likeness (QED) is 0.896. The Labute approximate surface area is 131 Å². The Hall–Kier alpha value is -1.36. The van der Waals surface area contributed by atoms with E-state index in [1.54, 1.807) is 0 Å². The Balaban J connectivity index is 1.45. The van der Waals surface area contributed by atoms with Crippen LogP contribution in [0.3, 0.4) is 0 Å². The second-order valence-electron chi connectivity index (χ2n) is 6.70. The molecule has 3 heterocycles. The molecule has 1 atom stereocenters. The summed E-state index contributed by atoms with van der Waals surface area (Å²) in [5, 5.41) is 11.6. The molecule has 2 fully saturated rings. The van der Waals surface area contributed by atoms with Gasteiger partial charge < -0.3 is 14.8 Å². The largest absolute Gasteiger partial charge is 0.390 e. The number of nitrogens with zero attached hydrogens (tertiary/aromatic N) is 1. The van der Waals surface area contributed by atoms with Gasteiger partial charge >= 0.3 is 0 Å². The first-order chi connectivity index (χ1) is 10.8. The Morgan fingerprint density at radius 3 is 2.95 bits per heavy atom. The van der Waals surface area contributed by atoms with Gasteiger partial charge in [-0.2, -0.15) is 0 Å². The highest BCUT2D eigenvalue weighted by atomic mass is 16.5. The number of likely N-dealkylation sites (tertiary alicyclic amines) is 1. The van der Waals surface area contributed by atoms with Crippen LogP contribution in [0.2, 0.25) is 0 Å². The van der Waals surface area contributed by atoms with Gasteiger partial charge in [-0.15, -0.1) is 0 Å². The summed E-state index contributed by atoms with van der Waals surface area (Å²) in [6, 6.07) is 8.61. The first-order valence-electron chi connectivity index (χ1n) is 8.36. The predicted octanol–water partition coefficient (Wildman–Crippen LogP) is 2.67. The zero-order valence-electron chi connectivity index (χ0n) is 12.9. The molecule has 1 spiro atoms. The van der Waals surface area contributed by atoms with Gasteiger partial charge in [0.25, 0.3) is 0 Å². The SMILES string of the molecule is O[C@H]1CCCOC12CCN(Cc1cccc3[nH]ccc13)CC2. The van der Waals surface area contributed by atoms with Gasteiger partial charge in [0.2, 0.25) is 0 Å². The van der Waals surface area contributed by atoms with E-state index in [1.165, 1.54) is 16.5 Å². The number of aromatic nitrogens is 1. The van der Waals surface area contributed by atoms with E-state index < -0.39 is 0 Å². The molecule has 0 aliphatic carbocycles. The molecule has 0 saturated carbocycles. The number of rotatable bonds is 2. The summed E-state index contributed by atoms with van der Waals surface area (Å²) in [4.78, 5) is 5.76. The lowest BCUT2D eigenvalue weighted by Crippen LogP contribution is -2.55. The van der Waals surface area contributed by atoms with Crippen molar-refractivity contribution >= 4 is 10.9 Å². The highest BCUT2D eigenvalue weighted by Crippen LogP contribution is 2.35. The number of fused-ring (bicyclic) bond motifs is 1. The van der Waals surface area contributed by atoms with Gasteiger partial charge in [-0.1, -0.05) is 12.1 Å². The van der Waals surface area contributed by atoms with E-state index in [0.717, 1.165) is 51.9 Å². The molecule has 2 N–H and O–H groups in total. The normalized spacial score (nSPS) is 25.8. The predicted molar refractivity (Wildman–Crippen MR) is 86.7 cm³/mol. The van der Waals surface area contributed by atoms with Gasteiger partial charge in [-0.3, -0.25) is 4.90 Å². The monoisotopic (exact) mass is 300 g/mol. The minimum atomic E-state index is -0.281. The third-order valence-corrected chi connectivity index (χ3v) is 5.40. The highest BCUT2D eigenvalue weighted by Gasteiger charge is 2.43. The van der Waals surface area contributed by atoms with Gasteiger partial charge in [0.1, 0.15) is 0 Å². The van der Waals surface area contributed by atoms with Crippen LogP contribution >= 0.6 is 0 Å². The third kappa shape index (κ3) is 2.45. The maximum absolute atomic E-state index is 10.3. The maximum Gasteiger partial charge on any atom is 0.0964 e. The van der Waals surface area contributed by atoms with E-state index in [1.807, 2.05) is 6.20 Å². The lowest BCUT2D eigenvalue weighted by molar-refractivity contribution is -0.177. The molecular weight excluding hydrogens is 276 g/mol. The van der Waals surface area contributed by atoms with Crippen molar-refractivity contribution in [2.75, 3.05) is 19.7 Å². The molecular formula is C18H24N2O2. The lowest BCUT2D eigenvalue weighted by Gasteiger charge is -2.46. The fourth-order valence-electron chi connectivity index (χ4n) is 4.01. The van der Waals surface area contributed by atoms with Crippen molar-refractivity contribution in [2.24, 2.45) is 0 Å². The van der Waals surface area contributed by atoms with Crippen molar-refractivity contribution in [1.29, 1.82) is 0 Å². The number of nitrogens with one attached hydrogen (secondary N) is 1. The summed E-state index contributed by atoms with van der Waals surface area (Å²) in [6.45, 7) is 3.77. The van der Waals surface area contributed by atoms with Crippen LogP contribution in [0.25, 0.3) is 10.9 Å². The number of ether oxygens (including phenoxy) is 1. The van der Waals surface area contributed by atoms with Crippen molar-refractivity contribution in [3.8, 4) is 0 Å². The Kier molecular flexibility index (Phi) is 3.68. The van der Waals surface area contributed by atoms with Crippen LogP contribution in [-0.2, 0) is 11.3 Å². The van der Waals surface area contributed by atoms with E-state index in [0.29, 0.717) is 0 Å². The van der Waals surface area contributed by atoms with Crippen LogP contribution in [-0.4, -0.2) is 46.4 Å². The van der Waals surface area contributed by atoms with Gasteiger partial charge in [-0.25, -0.2) is 0 Å². The number of hydrogen-bond acceptors (Lipinski definition) is 3. The minimum Gasteiger partial charge on any atom is -0.390 e. The second kappa shape index (κ2) is 5.69. The van der Waals surface area contributed by atoms with Crippen LogP contribution in [0.1, 0.15) is 31.2 Å². The molecule has 0 amide bonds. The average Bonchev–Trinajstić information content (AvgIpc) is 3.02. The van der Waals surface area contributed by atoms with Crippen molar-refractivity contribution < 1.29 is 9.84 Å². The molecule has 118 valence electrons. The number of aliphatic hydroxyl groups is 1. The van der Waals surface area contributed by atoms with Gasteiger partial charge in [-0.05, 0) is 43.4 Å². The average molecular weight is 300 g/mol. The van der Waals surface area contributed by atoms with Crippen LogP contribution < -0.4 is 0 Å². The summed E-state index contributed by atoms with van der Waals surface area (Å²) in [7, 11) is 0.